The lowest BCUT2D eigenvalue weighted by Crippen LogP contribution is -2.25. The Morgan fingerprint density at radius 3 is 2.35 bits per heavy atom. The second-order valence-electron chi connectivity index (χ2n) is 12.6. The van der Waals surface area contributed by atoms with Crippen molar-refractivity contribution in [2.75, 3.05) is 36.4 Å². The van der Waals surface area contributed by atoms with Crippen molar-refractivity contribution in [3.8, 4) is 17.0 Å². The summed E-state index contributed by atoms with van der Waals surface area (Å²) in [5.74, 6) is 0.412. The number of nitrogens with one attached hydrogen (secondary N) is 1. The molecule has 9 nitrogen and oxygen atoms in total. The second-order valence-corrected chi connectivity index (χ2v) is 24.3. The van der Waals surface area contributed by atoms with Crippen LogP contribution in [0.2, 0.25) is 0 Å². The molecule has 4 rings (SSSR count). The molecule has 3 heterocycles. The topological polar surface area (TPSA) is 95.6 Å². The number of aromatic nitrogens is 5. The van der Waals surface area contributed by atoms with E-state index in [1.807, 2.05) is 22.9 Å². The molecular weight excluding hydrogens is 651 g/mol. The highest BCUT2D eigenvalue weighted by Crippen LogP contribution is 2.72. The molecule has 3 aromatic heterocycles. The first-order valence-corrected chi connectivity index (χ1v) is 21.3. The number of ether oxygens (including phenoxy) is 2. The van der Waals surface area contributed by atoms with E-state index in [2.05, 4.69) is 80.8 Å². The van der Waals surface area contributed by atoms with Gasteiger partial charge in [0.05, 0.1) is 30.4 Å². The number of rotatable bonds is 15. The summed E-state index contributed by atoms with van der Waals surface area (Å²) in [7, 11) is -0.209. The predicted molar refractivity (Wildman–Crippen MR) is 190 cm³/mol. The van der Waals surface area contributed by atoms with Gasteiger partial charge in [-0.15, -0.1) is 0 Å². The van der Waals surface area contributed by atoms with Gasteiger partial charge in [-0.05, 0) is 58.8 Å². The fourth-order valence-electron chi connectivity index (χ4n) is 5.53. The molecule has 0 atom stereocenters. The van der Waals surface area contributed by atoms with Crippen LogP contribution in [-0.4, -0.2) is 83.8 Å². The second kappa shape index (κ2) is 15.0. The molecule has 1 N–H and O–H groups in total. The van der Waals surface area contributed by atoms with E-state index in [-0.39, 0.29) is 18.0 Å². The number of hydrogen-bond acceptors (Lipinski definition) is 7. The summed E-state index contributed by atoms with van der Waals surface area (Å²) in [5.41, 5.74) is 1.75. The molecule has 0 fully saturated rings. The number of anilines is 1. The molecule has 0 spiro atoms. The van der Waals surface area contributed by atoms with Crippen LogP contribution in [0.3, 0.4) is 0 Å². The van der Waals surface area contributed by atoms with E-state index in [0.29, 0.717) is 44.9 Å². The maximum Gasteiger partial charge on any atom is 0.387 e. The number of hydrogen-bond donors (Lipinski definition) is 1. The minimum absolute atomic E-state index is 0.0207. The van der Waals surface area contributed by atoms with E-state index >= 15 is 0 Å². The monoisotopic (exact) mass is 696 g/mol. The van der Waals surface area contributed by atoms with Crippen LogP contribution >= 0.6 is 29.9 Å². The quantitative estimate of drug-likeness (QED) is 0.0990. The summed E-state index contributed by atoms with van der Waals surface area (Å²) in [6.45, 7) is 11.1. The molecule has 4 aromatic rings. The average Bonchev–Trinajstić information content (AvgIpc) is 3.57. The molecule has 46 heavy (non-hydrogen) atoms. The number of amides is 1. The lowest BCUT2D eigenvalue weighted by Gasteiger charge is -2.50. The maximum atomic E-state index is 13.8. The van der Waals surface area contributed by atoms with Gasteiger partial charge in [0, 0.05) is 28.6 Å². The zero-order valence-electron chi connectivity index (χ0n) is 28.0. The molecule has 0 aliphatic carbocycles. The van der Waals surface area contributed by atoms with E-state index in [0.717, 1.165) is 10.6 Å². The summed E-state index contributed by atoms with van der Waals surface area (Å²) in [6.07, 6.45) is 12.9. The number of fused-ring (bicyclic) bond motifs is 1. The smallest absolute Gasteiger partial charge is 0.387 e. The van der Waals surface area contributed by atoms with Crippen LogP contribution in [0, 0.1) is 0 Å². The van der Waals surface area contributed by atoms with Crippen LogP contribution in [0.15, 0.2) is 53.9 Å². The molecule has 1 amide bonds. The Morgan fingerprint density at radius 1 is 1.02 bits per heavy atom. The van der Waals surface area contributed by atoms with Gasteiger partial charge in [0.1, 0.15) is 18.0 Å². The minimum atomic E-state index is -3.05. The van der Waals surface area contributed by atoms with Gasteiger partial charge in [-0.2, -0.15) is 28.0 Å². The van der Waals surface area contributed by atoms with Crippen LogP contribution in [0.4, 0.5) is 14.5 Å². The molecule has 0 radical (unpaired) electrons. The molecule has 0 saturated heterocycles. The van der Waals surface area contributed by atoms with Crippen molar-refractivity contribution in [1.29, 1.82) is 0 Å². The van der Waals surface area contributed by atoms with E-state index in [4.69, 9.17) is 9.47 Å². The van der Waals surface area contributed by atoms with Crippen molar-refractivity contribution in [3.63, 3.8) is 0 Å². The van der Waals surface area contributed by atoms with Crippen LogP contribution in [0.25, 0.3) is 16.9 Å². The van der Waals surface area contributed by atoms with E-state index < -0.39 is 31.6 Å². The molecular formula is C32H46F2N6O3S3. The van der Waals surface area contributed by atoms with Gasteiger partial charge in [-0.1, -0.05) is 52.3 Å². The Hall–Kier alpha value is -2.81. The minimum Gasteiger partial charge on any atom is -0.434 e. The predicted octanol–water partition coefficient (Wildman–Crippen LogP) is 8.15. The standard InChI is InChI=1S/C32H46F2N6O3S3/c1-21(2)46(22(3)4,23(5)6)44-24-11-12-28(43-32(33)34)25(17-24)29-27(19-37-40(29)20-42-15-16-45(7,8)9)38-31(41)26-18-36-39-14-10-13-35-30(26)39/h10-14,17-19,21-23,32H,15-16,20H2,1-9H3,(H,38,41). The Bertz CT molecular complexity index is 1610. The van der Waals surface area contributed by atoms with Crippen molar-refractivity contribution in [2.24, 2.45) is 0 Å². The Morgan fingerprint density at radius 2 is 1.72 bits per heavy atom. The number of nitrogens with zero attached hydrogens (tertiary/aromatic N) is 5. The summed E-state index contributed by atoms with van der Waals surface area (Å²) in [5, 5.41) is 12.9. The highest BCUT2D eigenvalue weighted by molar-refractivity contribution is 8.94. The highest BCUT2D eigenvalue weighted by Gasteiger charge is 2.36. The molecule has 0 saturated carbocycles. The SMILES string of the molecule is CC(C)S(Sc1ccc(OC(F)F)c(-c2c(NC(=O)c3cnn4cccnc34)cnn2COCCS(C)(C)C)c1)(C(C)C)C(C)C. The largest absolute Gasteiger partial charge is 0.434 e. The molecule has 0 aliphatic rings. The molecule has 0 unspecified atom stereocenters. The number of halogens is 2. The number of carbonyl (C=O) groups is 1. The third-order valence-electron chi connectivity index (χ3n) is 7.54. The normalized spacial score (nSPS) is 13.4. The fourth-order valence-corrected chi connectivity index (χ4v) is 13.7. The fraction of sp³-hybridized carbons (Fsp3) is 0.500. The summed E-state index contributed by atoms with van der Waals surface area (Å²) in [4.78, 5) is 18.8. The number of alkyl halides is 2. The molecule has 0 aliphatic heterocycles. The van der Waals surface area contributed by atoms with Gasteiger partial charge in [0.15, 0.2) is 5.65 Å². The van der Waals surface area contributed by atoms with Gasteiger partial charge >= 0.3 is 6.61 Å². The van der Waals surface area contributed by atoms with Crippen LogP contribution in [-0.2, 0) is 11.5 Å². The first-order valence-electron chi connectivity index (χ1n) is 15.1. The average molecular weight is 697 g/mol. The number of benzene rings is 1. The highest BCUT2D eigenvalue weighted by atomic mass is 33.2. The summed E-state index contributed by atoms with van der Waals surface area (Å²) >= 11 is 0. The van der Waals surface area contributed by atoms with Gasteiger partial charge in [0.2, 0.25) is 0 Å². The van der Waals surface area contributed by atoms with Crippen molar-refractivity contribution < 1.29 is 23.0 Å². The van der Waals surface area contributed by atoms with Crippen molar-refractivity contribution in [2.45, 2.75) is 75.5 Å². The first-order chi connectivity index (χ1) is 21.6. The molecule has 1 aromatic carbocycles. The summed E-state index contributed by atoms with van der Waals surface area (Å²) < 4.78 is 41.7. The van der Waals surface area contributed by atoms with Gasteiger partial charge < -0.3 is 14.8 Å². The lowest BCUT2D eigenvalue weighted by atomic mass is 10.1. The van der Waals surface area contributed by atoms with E-state index in [9.17, 15) is 13.6 Å². The lowest BCUT2D eigenvalue weighted by molar-refractivity contribution is -0.0495. The molecule has 254 valence electrons. The third-order valence-corrected chi connectivity index (χ3v) is 19.0. The maximum absolute atomic E-state index is 13.8. The molecule has 0 bridgehead atoms. The van der Waals surface area contributed by atoms with Crippen molar-refractivity contribution in [1.82, 2.24) is 24.4 Å². The van der Waals surface area contributed by atoms with Crippen molar-refractivity contribution in [3.05, 3.63) is 54.6 Å². The van der Waals surface area contributed by atoms with E-state index in [1.165, 1.54) is 16.9 Å². The zero-order valence-corrected chi connectivity index (χ0v) is 30.4. The Balaban J connectivity index is 1.82. The van der Waals surface area contributed by atoms with Gasteiger partial charge in [-0.3, -0.25) is 4.79 Å². The van der Waals surface area contributed by atoms with Crippen molar-refractivity contribution >= 4 is 47.1 Å². The Labute approximate surface area is 277 Å². The Kier molecular flexibility index (Phi) is 11.7. The first kappa shape index (κ1) is 36.0. The summed E-state index contributed by atoms with van der Waals surface area (Å²) in [6, 6.07) is 7.01. The zero-order chi connectivity index (χ0) is 33.8. The van der Waals surface area contributed by atoms with Crippen LogP contribution in [0.1, 0.15) is 51.9 Å². The van der Waals surface area contributed by atoms with E-state index in [1.54, 1.807) is 29.2 Å². The number of carbonyl (C=O) groups excluding carboxylic acids is 1. The van der Waals surface area contributed by atoms with Crippen LogP contribution < -0.4 is 10.1 Å². The third kappa shape index (κ3) is 8.18. The van der Waals surface area contributed by atoms with Gasteiger partial charge in [-0.25, -0.2) is 24.2 Å². The molecule has 14 heteroatoms. The van der Waals surface area contributed by atoms with Crippen LogP contribution in [0.5, 0.6) is 5.75 Å². The van der Waals surface area contributed by atoms with Gasteiger partial charge in [0.25, 0.3) is 5.91 Å².